The summed E-state index contributed by atoms with van der Waals surface area (Å²) in [6, 6.07) is 3.01. The molecular weight excluding hydrogens is 350 g/mol. The van der Waals surface area contributed by atoms with E-state index in [2.05, 4.69) is 13.8 Å². The summed E-state index contributed by atoms with van der Waals surface area (Å²) in [5.41, 5.74) is 0. The van der Waals surface area contributed by atoms with Crippen LogP contribution in [0.4, 0.5) is 0 Å². The van der Waals surface area contributed by atoms with E-state index in [0.717, 1.165) is 6.42 Å². The Balaban J connectivity index is 2.48. The molecule has 136 valence electrons. The first kappa shape index (κ1) is 19.3. The van der Waals surface area contributed by atoms with Crippen molar-refractivity contribution in [2.24, 2.45) is 11.8 Å². The van der Waals surface area contributed by atoms with Crippen molar-refractivity contribution in [3.8, 4) is 11.5 Å². The molecule has 1 aliphatic rings. The molecule has 1 fully saturated rings. The van der Waals surface area contributed by atoms with Crippen molar-refractivity contribution in [3.63, 3.8) is 0 Å². The molecule has 0 aliphatic carbocycles. The summed E-state index contributed by atoms with van der Waals surface area (Å²) in [7, 11) is -3.67. The van der Waals surface area contributed by atoms with E-state index >= 15 is 0 Å². The lowest BCUT2D eigenvalue weighted by molar-refractivity contribution is 0.221. The summed E-state index contributed by atoms with van der Waals surface area (Å²) in [6.45, 7) is 9.60. The molecule has 1 aromatic rings. The number of benzene rings is 1. The second kappa shape index (κ2) is 7.93. The Morgan fingerprint density at radius 3 is 2.17 bits per heavy atom. The van der Waals surface area contributed by atoms with Crippen molar-refractivity contribution in [1.82, 2.24) is 4.31 Å². The van der Waals surface area contributed by atoms with Gasteiger partial charge in [0.2, 0.25) is 10.0 Å². The molecule has 0 N–H and O–H groups in total. The molecule has 24 heavy (non-hydrogen) atoms. The highest BCUT2D eigenvalue weighted by Gasteiger charge is 2.34. The first-order chi connectivity index (χ1) is 11.3. The lowest BCUT2D eigenvalue weighted by atomic mass is 9.94. The van der Waals surface area contributed by atoms with Gasteiger partial charge in [-0.3, -0.25) is 0 Å². The molecule has 2 rings (SSSR count). The summed E-state index contributed by atoms with van der Waals surface area (Å²) in [5.74, 6) is 1.30. The van der Waals surface area contributed by atoms with Crippen LogP contribution in [0.3, 0.4) is 0 Å². The molecular formula is C17H26ClNO4S. The van der Waals surface area contributed by atoms with Crippen LogP contribution in [0.2, 0.25) is 5.02 Å². The van der Waals surface area contributed by atoms with Gasteiger partial charge >= 0.3 is 0 Å². The highest BCUT2D eigenvalue weighted by Crippen LogP contribution is 2.38. The van der Waals surface area contributed by atoms with Crippen LogP contribution in [0, 0.1) is 11.8 Å². The minimum atomic E-state index is -3.67. The predicted molar refractivity (Wildman–Crippen MR) is 95.5 cm³/mol. The maximum Gasteiger partial charge on any atom is 0.246 e. The summed E-state index contributed by atoms with van der Waals surface area (Å²) < 4.78 is 38.9. The Morgan fingerprint density at radius 1 is 1.08 bits per heavy atom. The SMILES string of the molecule is CCOc1cc(S(=O)(=O)N2CC(C)CC(C)C2)c(OCC)cc1Cl. The Labute approximate surface area is 149 Å². The molecule has 0 radical (unpaired) electrons. The third-order valence-electron chi connectivity index (χ3n) is 4.05. The lowest BCUT2D eigenvalue weighted by Gasteiger charge is -2.34. The molecule has 2 unspecified atom stereocenters. The largest absolute Gasteiger partial charge is 0.492 e. The fourth-order valence-corrected chi connectivity index (χ4v) is 5.21. The van der Waals surface area contributed by atoms with Gasteiger partial charge in [0, 0.05) is 25.2 Å². The fourth-order valence-electron chi connectivity index (χ4n) is 3.19. The van der Waals surface area contributed by atoms with Crippen molar-refractivity contribution in [2.45, 2.75) is 39.0 Å². The van der Waals surface area contributed by atoms with Crippen LogP contribution in [0.5, 0.6) is 11.5 Å². The van der Waals surface area contributed by atoms with Crippen molar-refractivity contribution in [2.75, 3.05) is 26.3 Å². The van der Waals surface area contributed by atoms with Crippen molar-refractivity contribution >= 4 is 21.6 Å². The van der Waals surface area contributed by atoms with E-state index in [-0.39, 0.29) is 10.6 Å². The molecule has 0 saturated carbocycles. The first-order valence-electron chi connectivity index (χ1n) is 8.38. The number of halogens is 1. The van der Waals surface area contributed by atoms with Gasteiger partial charge in [-0.15, -0.1) is 0 Å². The molecule has 2 atom stereocenters. The number of nitrogens with zero attached hydrogens (tertiary/aromatic N) is 1. The van der Waals surface area contributed by atoms with Crippen LogP contribution < -0.4 is 9.47 Å². The topological polar surface area (TPSA) is 55.8 Å². The maximum atomic E-state index is 13.2. The van der Waals surface area contributed by atoms with Crippen LogP contribution in [-0.2, 0) is 10.0 Å². The normalized spacial score (nSPS) is 22.4. The van der Waals surface area contributed by atoms with E-state index in [1.54, 1.807) is 4.31 Å². The Hall–Kier alpha value is -0.980. The van der Waals surface area contributed by atoms with E-state index in [1.807, 2.05) is 13.8 Å². The highest BCUT2D eigenvalue weighted by atomic mass is 35.5. The zero-order valence-corrected chi connectivity index (χ0v) is 16.3. The Bertz CT molecular complexity index is 667. The Morgan fingerprint density at radius 2 is 1.62 bits per heavy atom. The van der Waals surface area contributed by atoms with E-state index in [0.29, 0.717) is 48.9 Å². The molecule has 1 saturated heterocycles. The molecule has 1 aliphatic heterocycles. The highest BCUT2D eigenvalue weighted by molar-refractivity contribution is 7.89. The molecule has 0 aromatic heterocycles. The van der Waals surface area contributed by atoms with Gasteiger partial charge in [-0.1, -0.05) is 25.4 Å². The molecule has 0 amide bonds. The lowest BCUT2D eigenvalue weighted by Crippen LogP contribution is -2.42. The number of rotatable bonds is 6. The monoisotopic (exact) mass is 375 g/mol. The van der Waals surface area contributed by atoms with Gasteiger partial charge in [-0.05, 0) is 32.1 Å². The van der Waals surface area contributed by atoms with Crippen molar-refractivity contribution in [3.05, 3.63) is 17.2 Å². The zero-order chi connectivity index (χ0) is 17.9. The number of piperidine rings is 1. The van der Waals surface area contributed by atoms with E-state index in [4.69, 9.17) is 21.1 Å². The zero-order valence-electron chi connectivity index (χ0n) is 14.7. The summed E-state index contributed by atoms with van der Waals surface area (Å²) in [4.78, 5) is 0.124. The second-order valence-electron chi connectivity index (χ2n) is 6.36. The standard InChI is InChI=1S/C17H26ClNO4S/c1-5-22-15-9-17(16(23-6-2)8-14(15)18)24(20,21)19-10-12(3)7-13(4)11-19/h8-9,12-13H,5-7,10-11H2,1-4H3. The smallest absolute Gasteiger partial charge is 0.246 e. The molecule has 5 nitrogen and oxygen atoms in total. The summed E-state index contributed by atoms with van der Waals surface area (Å²) in [5, 5.41) is 0.347. The molecule has 0 spiro atoms. The van der Waals surface area contributed by atoms with E-state index in [1.165, 1.54) is 12.1 Å². The van der Waals surface area contributed by atoms with Gasteiger partial charge in [0.25, 0.3) is 0 Å². The van der Waals surface area contributed by atoms with E-state index < -0.39 is 10.0 Å². The molecule has 0 bridgehead atoms. The number of hydrogen-bond donors (Lipinski definition) is 0. The minimum absolute atomic E-state index is 0.124. The maximum absolute atomic E-state index is 13.2. The van der Waals surface area contributed by atoms with Crippen LogP contribution in [0.25, 0.3) is 0 Å². The minimum Gasteiger partial charge on any atom is -0.492 e. The third kappa shape index (κ3) is 4.16. The van der Waals surface area contributed by atoms with Crippen LogP contribution >= 0.6 is 11.6 Å². The average Bonchev–Trinajstić information content (AvgIpc) is 2.49. The predicted octanol–water partition coefficient (Wildman–Crippen LogP) is 3.80. The number of hydrogen-bond acceptors (Lipinski definition) is 4. The van der Waals surface area contributed by atoms with Crippen LogP contribution in [0.1, 0.15) is 34.1 Å². The van der Waals surface area contributed by atoms with Crippen molar-refractivity contribution in [1.29, 1.82) is 0 Å². The van der Waals surface area contributed by atoms with Gasteiger partial charge in [-0.25, -0.2) is 8.42 Å². The van der Waals surface area contributed by atoms with Gasteiger partial charge in [0.15, 0.2) is 0 Å². The van der Waals surface area contributed by atoms with Gasteiger partial charge in [0.1, 0.15) is 16.4 Å². The van der Waals surface area contributed by atoms with Gasteiger partial charge < -0.3 is 9.47 Å². The van der Waals surface area contributed by atoms with E-state index in [9.17, 15) is 8.42 Å². The molecule has 1 aromatic carbocycles. The van der Waals surface area contributed by atoms with Crippen LogP contribution in [0.15, 0.2) is 17.0 Å². The van der Waals surface area contributed by atoms with Gasteiger partial charge in [0.05, 0.1) is 18.2 Å². The first-order valence-corrected chi connectivity index (χ1v) is 10.2. The Kier molecular flexibility index (Phi) is 6.39. The molecule has 7 heteroatoms. The average molecular weight is 376 g/mol. The quantitative estimate of drug-likeness (QED) is 0.758. The van der Waals surface area contributed by atoms with Crippen LogP contribution in [-0.4, -0.2) is 39.0 Å². The second-order valence-corrected chi connectivity index (χ2v) is 8.68. The third-order valence-corrected chi connectivity index (χ3v) is 6.20. The van der Waals surface area contributed by atoms with Gasteiger partial charge in [-0.2, -0.15) is 4.31 Å². The van der Waals surface area contributed by atoms with Crippen molar-refractivity contribution < 1.29 is 17.9 Å². The number of sulfonamides is 1. The summed E-state index contributed by atoms with van der Waals surface area (Å²) >= 11 is 6.18. The number of ether oxygens (including phenoxy) is 2. The summed E-state index contributed by atoms with van der Waals surface area (Å²) in [6.07, 6.45) is 1.04. The molecule has 1 heterocycles. The fraction of sp³-hybridized carbons (Fsp3) is 0.647.